The molecule has 1 aliphatic rings. The van der Waals surface area contributed by atoms with Crippen LogP contribution in [0.2, 0.25) is 5.15 Å². The number of carbonyl (C=O) groups excluding carboxylic acids is 2. The fourth-order valence-electron chi connectivity index (χ4n) is 3.27. The number of pyridine rings is 1. The van der Waals surface area contributed by atoms with Crippen LogP contribution in [0.25, 0.3) is 5.65 Å². The zero-order valence-electron chi connectivity index (χ0n) is 17.6. The number of nitrogens with one attached hydrogen (secondary N) is 2. The minimum absolute atomic E-state index is 0.0158. The van der Waals surface area contributed by atoms with Crippen LogP contribution >= 0.6 is 11.6 Å². The third-order valence-electron chi connectivity index (χ3n) is 5.20. The van der Waals surface area contributed by atoms with Gasteiger partial charge in [0.15, 0.2) is 11.5 Å². The summed E-state index contributed by atoms with van der Waals surface area (Å²) < 4.78 is 7.41. The van der Waals surface area contributed by atoms with E-state index < -0.39 is 0 Å². The SMILES string of the molecule is Cc1c(C(=O)Nc2cccc(Oc3ccc4nc(NC(=O)C5CC5)cn4n3)c2)ccnc1Cl. The summed E-state index contributed by atoms with van der Waals surface area (Å²) in [5.41, 5.74) is 2.19. The van der Waals surface area contributed by atoms with Gasteiger partial charge in [0.05, 0.1) is 6.20 Å². The number of imidazole rings is 1. The number of fused-ring (bicyclic) bond motifs is 1. The quantitative estimate of drug-likeness (QED) is 0.409. The number of aromatic nitrogens is 4. The number of amides is 2. The number of ether oxygens (including phenoxy) is 1. The van der Waals surface area contributed by atoms with Gasteiger partial charge in [-0.25, -0.2) is 14.5 Å². The second-order valence-corrected chi connectivity index (χ2v) is 8.08. The predicted molar refractivity (Wildman–Crippen MR) is 123 cm³/mol. The van der Waals surface area contributed by atoms with Gasteiger partial charge in [0.2, 0.25) is 11.8 Å². The number of benzene rings is 1. The lowest BCUT2D eigenvalue weighted by atomic mass is 10.1. The molecule has 166 valence electrons. The lowest BCUT2D eigenvalue weighted by Gasteiger charge is -2.10. The van der Waals surface area contributed by atoms with Crippen LogP contribution in [0.3, 0.4) is 0 Å². The molecule has 2 amide bonds. The Hall–Kier alpha value is -3.98. The molecular weight excluding hydrogens is 444 g/mol. The van der Waals surface area contributed by atoms with Crippen molar-refractivity contribution in [2.45, 2.75) is 19.8 Å². The molecule has 1 aromatic carbocycles. The van der Waals surface area contributed by atoms with Gasteiger partial charge in [-0.05, 0) is 49.6 Å². The molecule has 0 saturated heterocycles. The zero-order valence-corrected chi connectivity index (χ0v) is 18.3. The Balaban J connectivity index is 1.30. The van der Waals surface area contributed by atoms with Crippen LogP contribution < -0.4 is 15.4 Å². The van der Waals surface area contributed by atoms with Crippen molar-refractivity contribution in [1.29, 1.82) is 0 Å². The minimum Gasteiger partial charge on any atom is -0.438 e. The summed E-state index contributed by atoms with van der Waals surface area (Å²) in [7, 11) is 0. The van der Waals surface area contributed by atoms with Crippen LogP contribution in [-0.4, -0.2) is 31.4 Å². The lowest BCUT2D eigenvalue weighted by molar-refractivity contribution is -0.117. The van der Waals surface area contributed by atoms with E-state index in [2.05, 4.69) is 25.7 Å². The number of halogens is 1. The molecule has 0 bridgehead atoms. The van der Waals surface area contributed by atoms with E-state index in [4.69, 9.17) is 16.3 Å². The third kappa shape index (κ3) is 4.63. The highest BCUT2D eigenvalue weighted by Gasteiger charge is 2.30. The summed E-state index contributed by atoms with van der Waals surface area (Å²) in [5.74, 6) is 1.05. The van der Waals surface area contributed by atoms with Gasteiger partial charge >= 0.3 is 0 Å². The van der Waals surface area contributed by atoms with Gasteiger partial charge in [-0.1, -0.05) is 17.7 Å². The highest BCUT2D eigenvalue weighted by atomic mass is 35.5. The van der Waals surface area contributed by atoms with Crippen LogP contribution in [0.15, 0.2) is 54.9 Å². The fraction of sp³-hybridized carbons (Fsp3) is 0.174. The molecular formula is C23H19ClN6O3. The summed E-state index contributed by atoms with van der Waals surface area (Å²) in [6.07, 6.45) is 4.97. The lowest BCUT2D eigenvalue weighted by Crippen LogP contribution is -2.13. The maximum Gasteiger partial charge on any atom is 0.256 e. The smallest absolute Gasteiger partial charge is 0.256 e. The topological polar surface area (TPSA) is 111 Å². The Labute approximate surface area is 193 Å². The van der Waals surface area contributed by atoms with Crippen molar-refractivity contribution >= 4 is 40.6 Å². The first-order valence-corrected chi connectivity index (χ1v) is 10.7. The molecule has 9 nitrogen and oxygen atoms in total. The summed E-state index contributed by atoms with van der Waals surface area (Å²) in [6.45, 7) is 1.74. The Bertz CT molecular complexity index is 1380. The summed E-state index contributed by atoms with van der Waals surface area (Å²) in [5, 5.41) is 10.3. The average molecular weight is 463 g/mol. The Kier molecular flexibility index (Phi) is 5.39. The first-order chi connectivity index (χ1) is 16.0. The molecule has 0 spiro atoms. The van der Waals surface area contributed by atoms with E-state index in [-0.39, 0.29) is 22.9 Å². The van der Waals surface area contributed by atoms with Crippen molar-refractivity contribution in [1.82, 2.24) is 19.6 Å². The molecule has 33 heavy (non-hydrogen) atoms. The fourth-order valence-corrected chi connectivity index (χ4v) is 3.42. The van der Waals surface area contributed by atoms with Crippen molar-refractivity contribution in [3.63, 3.8) is 0 Å². The maximum absolute atomic E-state index is 12.6. The number of rotatable bonds is 6. The van der Waals surface area contributed by atoms with E-state index in [1.54, 1.807) is 60.1 Å². The van der Waals surface area contributed by atoms with E-state index in [0.717, 1.165) is 12.8 Å². The van der Waals surface area contributed by atoms with Gasteiger partial charge in [0.25, 0.3) is 5.91 Å². The van der Waals surface area contributed by atoms with Crippen LogP contribution in [-0.2, 0) is 4.79 Å². The van der Waals surface area contributed by atoms with Crippen molar-refractivity contribution in [3.8, 4) is 11.6 Å². The Morgan fingerprint density at radius 1 is 1.15 bits per heavy atom. The normalized spacial score (nSPS) is 13.0. The summed E-state index contributed by atoms with van der Waals surface area (Å²) in [6, 6.07) is 12.0. The second-order valence-electron chi connectivity index (χ2n) is 7.72. The minimum atomic E-state index is -0.298. The molecule has 3 aromatic heterocycles. The number of hydrogen-bond donors (Lipinski definition) is 2. The Morgan fingerprint density at radius 2 is 2.00 bits per heavy atom. The molecule has 1 saturated carbocycles. The van der Waals surface area contributed by atoms with E-state index in [1.165, 1.54) is 6.20 Å². The van der Waals surface area contributed by atoms with Crippen LogP contribution in [0.1, 0.15) is 28.8 Å². The third-order valence-corrected chi connectivity index (χ3v) is 5.58. The molecule has 10 heteroatoms. The molecule has 1 fully saturated rings. The molecule has 4 aromatic rings. The van der Waals surface area contributed by atoms with E-state index in [9.17, 15) is 9.59 Å². The Morgan fingerprint density at radius 3 is 2.82 bits per heavy atom. The number of nitrogens with zero attached hydrogens (tertiary/aromatic N) is 4. The van der Waals surface area contributed by atoms with Gasteiger partial charge in [0, 0.05) is 35.5 Å². The van der Waals surface area contributed by atoms with Gasteiger partial charge in [0.1, 0.15) is 10.9 Å². The standard InChI is InChI=1S/C23H19ClN6O3/c1-13-17(9-10-25-21(13)24)23(32)26-15-3-2-4-16(11-15)33-20-8-7-19-27-18(12-30(19)29-20)28-22(31)14-5-6-14/h2-4,7-12,14H,5-6H2,1H3,(H,26,32)(H,28,31). The average Bonchev–Trinajstić information content (AvgIpc) is 3.57. The summed E-state index contributed by atoms with van der Waals surface area (Å²) in [4.78, 5) is 32.9. The zero-order chi connectivity index (χ0) is 22.9. The molecule has 0 radical (unpaired) electrons. The largest absolute Gasteiger partial charge is 0.438 e. The van der Waals surface area contributed by atoms with Crippen LogP contribution in [0, 0.1) is 12.8 Å². The van der Waals surface area contributed by atoms with E-state index in [1.807, 2.05) is 0 Å². The number of carbonyl (C=O) groups is 2. The van der Waals surface area contributed by atoms with Gasteiger partial charge < -0.3 is 15.4 Å². The van der Waals surface area contributed by atoms with Gasteiger partial charge in [-0.2, -0.15) is 0 Å². The van der Waals surface area contributed by atoms with Crippen molar-refractivity contribution in [2.75, 3.05) is 10.6 Å². The van der Waals surface area contributed by atoms with E-state index in [0.29, 0.717) is 39.9 Å². The highest BCUT2D eigenvalue weighted by molar-refractivity contribution is 6.30. The molecule has 1 aliphatic carbocycles. The van der Waals surface area contributed by atoms with Crippen LogP contribution in [0.5, 0.6) is 11.6 Å². The molecule has 0 atom stereocenters. The van der Waals surface area contributed by atoms with Crippen molar-refractivity contribution in [3.05, 3.63) is 71.1 Å². The monoisotopic (exact) mass is 462 g/mol. The van der Waals surface area contributed by atoms with Crippen LogP contribution in [0.4, 0.5) is 11.5 Å². The second kappa shape index (κ2) is 8.51. The molecule has 0 aliphatic heterocycles. The predicted octanol–water partition coefficient (Wildman–Crippen LogP) is 4.48. The van der Waals surface area contributed by atoms with Gasteiger partial charge in [-0.15, -0.1) is 5.10 Å². The molecule has 3 heterocycles. The molecule has 2 N–H and O–H groups in total. The van der Waals surface area contributed by atoms with Gasteiger partial charge in [-0.3, -0.25) is 9.59 Å². The molecule has 5 rings (SSSR count). The number of hydrogen-bond acceptors (Lipinski definition) is 6. The first kappa shape index (κ1) is 20.9. The highest BCUT2D eigenvalue weighted by Crippen LogP contribution is 2.30. The maximum atomic E-state index is 12.6. The first-order valence-electron chi connectivity index (χ1n) is 10.3. The van der Waals surface area contributed by atoms with E-state index >= 15 is 0 Å². The van der Waals surface area contributed by atoms with Crippen molar-refractivity contribution < 1.29 is 14.3 Å². The summed E-state index contributed by atoms with van der Waals surface area (Å²) >= 11 is 6.02. The van der Waals surface area contributed by atoms with Crippen molar-refractivity contribution in [2.24, 2.45) is 5.92 Å². The molecule has 0 unspecified atom stereocenters. The number of anilines is 2.